The molecule has 3 aromatic carbocycles. The molecule has 6 nitrogen and oxygen atoms in total. The molecule has 0 fully saturated rings. The van der Waals surface area contributed by atoms with Crippen LogP contribution < -0.4 is 10.5 Å². The second-order valence-electron chi connectivity index (χ2n) is 8.40. The van der Waals surface area contributed by atoms with Crippen molar-refractivity contribution in [2.24, 2.45) is 10.7 Å². The number of rotatable bonds is 6. The van der Waals surface area contributed by atoms with Gasteiger partial charge in [0.1, 0.15) is 28.3 Å². The van der Waals surface area contributed by atoms with Crippen LogP contribution in [0.2, 0.25) is 0 Å². The normalized spacial score (nSPS) is 13.6. The summed E-state index contributed by atoms with van der Waals surface area (Å²) < 4.78 is 71.0. The number of aromatic nitrogens is 1. The zero-order valence-corrected chi connectivity index (χ0v) is 21.7. The number of thiazole rings is 1. The highest BCUT2D eigenvalue weighted by Gasteiger charge is 2.25. The maximum atomic E-state index is 14.8. The van der Waals surface area contributed by atoms with Gasteiger partial charge in [-0.05, 0) is 48.1 Å². The summed E-state index contributed by atoms with van der Waals surface area (Å²) in [6, 6.07) is 15.4. The molecule has 2 heterocycles. The monoisotopic (exact) mass is 564 g/mol. The molecule has 0 saturated heterocycles. The predicted molar refractivity (Wildman–Crippen MR) is 148 cm³/mol. The highest BCUT2D eigenvalue weighted by molar-refractivity contribution is 7.92. The second kappa shape index (κ2) is 10.4. The summed E-state index contributed by atoms with van der Waals surface area (Å²) >= 11 is 1.33. The van der Waals surface area contributed by atoms with Crippen LogP contribution in [0.4, 0.5) is 18.9 Å². The number of amidine groups is 1. The maximum absolute atomic E-state index is 14.8. The smallest absolute Gasteiger partial charge is 0.267 e. The van der Waals surface area contributed by atoms with Gasteiger partial charge in [-0.2, -0.15) is 0 Å². The van der Waals surface area contributed by atoms with E-state index in [0.717, 1.165) is 29.8 Å². The molecule has 39 heavy (non-hydrogen) atoms. The van der Waals surface area contributed by atoms with Crippen molar-refractivity contribution in [3.05, 3.63) is 120 Å². The van der Waals surface area contributed by atoms with E-state index in [9.17, 15) is 21.6 Å². The van der Waals surface area contributed by atoms with Crippen LogP contribution >= 0.6 is 11.3 Å². The summed E-state index contributed by atoms with van der Waals surface area (Å²) in [5, 5.41) is 0.624. The van der Waals surface area contributed by atoms with Crippen molar-refractivity contribution in [3.8, 4) is 21.8 Å². The molecule has 0 bridgehead atoms. The van der Waals surface area contributed by atoms with E-state index in [0.29, 0.717) is 26.7 Å². The standard InChI is InChI=1S/C28H19F3N4O2S2/c1-16-12-18(10-11-33-27(16)32)25-24(34-28(38-25)17-6-3-2-4-7-17)19-13-20(29)15-21(14-19)35-39(36,37)26-22(30)8-5-9-23(26)31/h2-15,35H,1H2,(H2,32,33). The predicted octanol–water partition coefficient (Wildman–Crippen LogP) is 6.52. The largest absolute Gasteiger partial charge is 0.383 e. The Morgan fingerprint density at radius 1 is 0.923 bits per heavy atom. The lowest BCUT2D eigenvalue weighted by Crippen LogP contribution is -2.16. The van der Waals surface area contributed by atoms with E-state index in [2.05, 4.69) is 16.3 Å². The summed E-state index contributed by atoms with van der Waals surface area (Å²) in [4.78, 5) is 8.31. The third-order valence-electron chi connectivity index (χ3n) is 5.65. The Bertz CT molecular complexity index is 1790. The summed E-state index contributed by atoms with van der Waals surface area (Å²) in [5.74, 6) is -3.11. The lowest BCUT2D eigenvalue weighted by Gasteiger charge is -2.11. The molecule has 3 N–H and O–H groups in total. The minimum absolute atomic E-state index is 0.230. The van der Waals surface area contributed by atoms with E-state index in [1.54, 1.807) is 12.2 Å². The molecule has 0 unspecified atom stereocenters. The molecule has 1 aliphatic rings. The van der Waals surface area contributed by atoms with Crippen LogP contribution in [0.25, 0.3) is 27.4 Å². The lowest BCUT2D eigenvalue weighted by molar-refractivity contribution is 0.521. The molecule has 1 aromatic heterocycles. The number of hydrogen-bond donors (Lipinski definition) is 2. The van der Waals surface area contributed by atoms with E-state index < -0.39 is 32.4 Å². The first-order valence-electron chi connectivity index (χ1n) is 11.4. The van der Waals surface area contributed by atoms with Gasteiger partial charge in [-0.15, -0.1) is 11.3 Å². The van der Waals surface area contributed by atoms with Gasteiger partial charge >= 0.3 is 0 Å². The minimum atomic E-state index is -4.72. The fraction of sp³-hybridized carbons (Fsp3) is 0. The molecule has 196 valence electrons. The number of sulfonamides is 1. The molecule has 0 radical (unpaired) electrons. The number of nitrogens with zero attached hydrogens (tertiary/aromatic N) is 2. The number of halogens is 3. The van der Waals surface area contributed by atoms with Crippen LogP contribution in [0.15, 0.2) is 107 Å². The zero-order valence-electron chi connectivity index (χ0n) is 20.0. The van der Waals surface area contributed by atoms with Crippen molar-refractivity contribution in [1.82, 2.24) is 4.98 Å². The van der Waals surface area contributed by atoms with Crippen molar-refractivity contribution in [1.29, 1.82) is 0 Å². The Morgan fingerprint density at radius 2 is 1.64 bits per heavy atom. The Kier molecular flexibility index (Phi) is 6.94. The fourth-order valence-corrected chi connectivity index (χ4v) is 6.15. The first kappa shape index (κ1) is 26.1. The molecule has 4 aromatic rings. The number of allylic oxidation sites excluding steroid dienone is 2. The Labute approximate surface area is 226 Å². The van der Waals surface area contributed by atoms with E-state index in [4.69, 9.17) is 10.7 Å². The Hall–Kier alpha value is -4.48. The molecule has 11 heteroatoms. The highest BCUT2D eigenvalue weighted by atomic mass is 32.2. The molecule has 0 saturated carbocycles. The third-order valence-corrected chi connectivity index (χ3v) is 8.23. The van der Waals surface area contributed by atoms with Crippen molar-refractivity contribution in [3.63, 3.8) is 0 Å². The van der Waals surface area contributed by atoms with E-state index in [1.165, 1.54) is 29.7 Å². The number of nitrogens with one attached hydrogen (secondary N) is 1. The van der Waals surface area contributed by atoms with Gasteiger partial charge in [0.2, 0.25) is 0 Å². The molecular weight excluding hydrogens is 545 g/mol. The van der Waals surface area contributed by atoms with Gasteiger partial charge in [-0.3, -0.25) is 4.72 Å². The molecule has 1 aliphatic heterocycles. The molecule has 0 spiro atoms. The Morgan fingerprint density at radius 3 is 2.36 bits per heavy atom. The summed E-state index contributed by atoms with van der Waals surface area (Å²) in [7, 11) is -4.72. The molecule has 0 aliphatic carbocycles. The van der Waals surface area contributed by atoms with Gasteiger partial charge in [0.05, 0.1) is 16.3 Å². The van der Waals surface area contributed by atoms with E-state index >= 15 is 0 Å². The average molecular weight is 565 g/mol. The number of hydrogen-bond acceptors (Lipinski definition) is 6. The summed E-state index contributed by atoms with van der Waals surface area (Å²) in [6.07, 6.45) is 4.94. The molecule has 5 rings (SSSR count). The highest BCUT2D eigenvalue weighted by Crippen LogP contribution is 2.40. The van der Waals surface area contributed by atoms with Crippen LogP contribution in [-0.2, 0) is 10.0 Å². The van der Waals surface area contributed by atoms with Crippen molar-refractivity contribution in [2.45, 2.75) is 4.90 Å². The summed E-state index contributed by atoms with van der Waals surface area (Å²) in [5.41, 5.74) is 8.18. The average Bonchev–Trinajstić information content (AvgIpc) is 3.26. The second-order valence-corrected chi connectivity index (χ2v) is 11.0. The number of benzene rings is 3. The van der Waals surface area contributed by atoms with Crippen LogP contribution in [-0.4, -0.2) is 19.2 Å². The summed E-state index contributed by atoms with van der Waals surface area (Å²) in [6.45, 7) is 3.92. The zero-order chi connectivity index (χ0) is 27.7. The fourth-order valence-electron chi connectivity index (χ4n) is 3.88. The van der Waals surface area contributed by atoms with Gasteiger partial charge < -0.3 is 5.73 Å². The topological polar surface area (TPSA) is 97.4 Å². The minimum Gasteiger partial charge on any atom is -0.383 e. The van der Waals surface area contributed by atoms with Crippen molar-refractivity contribution < 1.29 is 21.6 Å². The SMILES string of the molecule is C=C1C=C(c2sc(-c3ccccc3)nc2-c2cc(F)cc(NS(=O)(=O)c3c(F)cccc3F)c2)C=CN=C1N. The van der Waals surface area contributed by atoms with Crippen LogP contribution in [0.1, 0.15) is 4.88 Å². The van der Waals surface area contributed by atoms with Gasteiger partial charge in [0.25, 0.3) is 10.0 Å². The number of aliphatic imine (C=N–C) groups is 1. The van der Waals surface area contributed by atoms with Crippen molar-refractivity contribution in [2.75, 3.05) is 4.72 Å². The Balaban J connectivity index is 1.64. The van der Waals surface area contributed by atoms with Gasteiger partial charge in [0.15, 0.2) is 4.90 Å². The van der Waals surface area contributed by atoms with Crippen LogP contribution in [0.5, 0.6) is 0 Å². The van der Waals surface area contributed by atoms with Crippen LogP contribution in [0.3, 0.4) is 0 Å². The molecule has 0 atom stereocenters. The number of anilines is 1. The van der Waals surface area contributed by atoms with Gasteiger partial charge in [0, 0.05) is 22.9 Å². The van der Waals surface area contributed by atoms with Gasteiger partial charge in [-0.1, -0.05) is 43.0 Å². The first-order valence-corrected chi connectivity index (χ1v) is 13.7. The van der Waals surface area contributed by atoms with Gasteiger partial charge in [-0.25, -0.2) is 31.6 Å². The van der Waals surface area contributed by atoms with Crippen LogP contribution in [0, 0.1) is 17.5 Å². The number of nitrogens with two attached hydrogens (primary N) is 1. The van der Waals surface area contributed by atoms with E-state index in [1.807, 2.05) is 30.3 Å². The first-order chi connectivity index (χ1) is 18.6. The van der Waals surface area contributed by atoms with E-state index in [-0.39, 0.29) is 17.1 Å². The molecular formula is C28H19F3N4O2S2. The maximum Gasteiger partial charge on any atom is 0.267 e. The lowest BCUT2D eigenvalue weighted by atomic mass is 10.0. The molecule has 0 amide bonds. The third kappa shape index (κ3) is 5.40. The quantitative estimate of drug-likeness (QED) is 0.279. The van der Waals surface area contributed by atoms with Crippen molar-refractivity contribution >= 4 is 38.5 Å².